The summed E-state index contributed by atoms with van der Waals surface area (Å²) in [6.45, 7) is 8.19. The van der Waals surface area contributed by atoms with Gasteiger partial charge in [0, 0.05) is 5.69 Å². The molecule has 0 heterocycles. The van der Waals surface area contributed by atoms with E-state index in [1.165, 1.54) is 5.56 Å². The van der Waals surface area contributed by atoms with Gasteiger partial charge in [-0.25, -0.2) is 0 Å². The number of hydrogen-bond acceptors (Lipinski definition) is 2. The SMILES string of the molecule is Cc1cccc(NC(=O)/C(C#N)=C\c2ccc(C(C)C)cc2)c1C. The van der Waals surface area contributed by atoms with Crippen LogP contribution < -0.4 is 5.32 Å². The predicted octanol–water partition coefficient (Wildman–Crippen LogP) is 4.97. The molecule has 0 aliphatic heterocycles. The molecule has 2 aromatic rings. The molecule has 1 N–H and O–H groups in total. The van der Waals surface area contributed by atoms with E-state index in [1.54, 1.807) is 6.08 Å². The van der Waals surface area contributed by atoms with Gasteiger partial charge in [0.2, 0.25) is 0 Å². The minimum absolute atomic E-state index is 0.0909. The first-order chi connectivity index (χ1) is 11.4. The van der Waals surface area contributed by atoms with Crippen molar-refractivity contribution < 1.29 is 4.79 Å². The second-order valence-corrected chi connectivity index (χ2v) is 6.19. The number of nitrogens with zero attached hydrogens (tertiary/aromatic N) is 1. The highest BCUT2D eigenvalue weighted by Crippen LogP contribution is 2.20. The van der Waals surface area contributed by atoms with Crippen LogP contribution in [-0.4, -0.2) is 5.91 Å². The quantitative estimate of drug-likeness (QED) is 0.639. The summed E-state index contributed by atoms with van der Waals surface area (Å²) in [6, 6.07) is 15.6. The molecule has 2 rings (SSSR count). The average molecular weight is 318 g/mol. The van der Waals surface area contributed by atoms with Crippen molar-refractivity contribution in [2.24, 2.45) is 0 Å². The third-order valence-electron chi connectivity index (χ3n) is 4.13. The van der Waals surface area contributed by atoms with Crippen LogP contribution in [-0.2, 0) is 4.79 Å². The molecule has 0 saturated carbocycles. The number of anilines is 1. The molecule has 0 aliphatic rings. The molecule has 0 spiro atoms. The van der Waals surface area contributed by atoms with E-state index in [0.717, 1.165) is 22.4 Å². The summed E-state index contributed by atoms with van der Waals surface area (Å²) in [5, 5.41) is 12.1. The number of carbonyl (C=O) groups excluding carboxylic acids is 1. The van der Waals surface area contributed by atoms with Crippen molar-refractivity contribution in [1.82, 2.24) is 0 Å². The van der Waals surface area contributed by atoms with Crippen LogP contribution in [0.15, 0.2) is 48.0 Å². The first-order valence-electron chi connectivity index (χ1n) is 8.01. The molecule has 0 unspecified atom stereocenters. The highest BCUT2D eigenvalue weighted by Gasteiger charge is 2.11. The van der Waals surface area contributed by atoms with Crippen molar-refractivity contribution in [2.75, 3.05) is 5.32 Å². The van der Waals surface area contributed by atoms with E-state index in [4.69, 9.17) is 0 Å². The lowest BCUT2D eigenvalue weighted by molar-refractivity contribution is -0.112. The van der Waals surface area contributed by atoms with Crippen LogP contribution in [0.25, 0.3) is 6.08 Å². The second-order valence-electron chi connectivity index (χ2n) is 6.19. The van der Waals surface area contributed by atoms with Gasteiger partial charge in [-0.1, -0.05) is 50.2 Å². The summed E-state index contributed by atoms with van der Waals surface area (Å²) in [5.41, 5.74) is 4.99. The lowest BCUT2D eigenvalue weighted by Crippen LogP contribution is -2.14. The zero-order valence-corrected chi connectivity index (χ0v) is 14.6. The van der Waals surface area contributed by atoms with Crippen molar-refractivity contribution in [2.45, 2.75) is 33.6 Å². The van der Waals surface area contributed by atoms with E-state index in [-0.39, 0.29) is 11.5 Å². The molecule has 122 valence electrons. The molecule has 3 nitrogen and oxygen atoms in total. The maximum absolute atomic E-state index is 12.4. The Kier molecular flexibility index (Phi) is 5.55. The van der Waals surface area contributed by atoms with Gasteiger partial charge in [0.15, 0.2) is 0 Å². The third-order valence-corrected chi connectivity index (χ3v) is 4.13. The molecule has 3 heteroatoms. The molecule has 0 radical (unpaired) electrons. The van der Waals surface area contributed by atoms with Gasteiger partial charge in [-0.15, -0.1) is 0 Å². The standard InChI is InChI=1S/C21H22N2O/c1-14(2)18-10-8-17(9-11-18)12-19(13-22)21(24)23-20-7-5-6-15(3)16(20)4/h5-12,14H,1-4H3,(H,23,24)/b19-12-. The van der Waals surface area contributed by atoms with E-state index in [2.05, 4.69) is 19.2 Å². The molecule has 0 aliphatic carbocycles. The summed E-state index contributed by atoms with van der Waals surface area (Å²) < 4.78 is 0. The van der Waals surface area contributed by atoms with Gasteiger partial charge in [0.05, 0.1) is 0 Å². The topological polar surface area (TPSA) is 52.9 Å². The minimum Gasteiger partial charge on any atom is -0.321 e. The number of nitriles is 1. The fraction of sp³-hybridized carbons (Fsp3) is 0.238. The van der Waals surface area contributed by atoms with E-state index in [9.17, 15) is 10.1 Å². The number of amides is 1. The molecule has 0 atom stereocenters. The number of aryl methyl sites for hydroxylation is 1. The Hall–Kier alpha value is -2.86. The summed E-state index contributed by atoms with van der Waals surface area (Å²) in [4.78, 5) is 12.4. The number of carbonyl (C=O) groups is 1. The third kappa shape index (κ3) is 4.11. The van der Waals surface area contributed by atoms with Crippen LogP contribution in [0.2, 0.25) is 0 Å². The highest BCUT2D eigenvalue weighted by atomic mass is 16.1. The summed E-state index contributed by atoms with van der Waals surface area (Å²) >= 11 is 0. The molecule has 24 heavy (non-hydrogen) atoms. The van der Waals surface area contributed by atoms with Crippen LogP contribution >= 0.6 is 0 Å². The first-order valence-corrected chi connectivity index (χ1v) is 8.01. The Morgan fingerprint density at radius 3 is 2.38 bits per heavy atom. The smallest absolute Gasteiger partial charge is 0.266 e. The van der Waals surface area contributed by atoms with Crippen molar-refractivity contribution in [3.63, 3.8) is 0 Å². The van der Waals surface area contributed by atoms with E-state index in [1.807, 2.05) is 62.4 Å². The monoisotopic (exact) mass is 318 g/mol. The molecule has 0 aromatic heterocycles. The summed E-state index contributed by atoms with van der Waals surface area (Å²) in [5.74, 6) is 0.0604. The van der Waals surface area contributed by atoms with E-state index >= 15 is 0 Å². The minimum atomic E-state index is -0.390. The zero-order valence-electron chi connectivity index (χ0n) is 14.6. The van der Waals surface area contributed by atoms with E-state index < -0.39 is 0 Å². The Bertz CT molecular complexity index is 809. The average Bonchev–Trinajstić information content (AvgIpc) is 2.57. The van der Waals surface area contributed by atoms with Gasteiger partial charge in [-0.3, -0.25) is 4.79 Å². The fourth-order valence-electron chi connectivity index (χ4n) is 2.37. The van der Waals surface area contributed by atoms with Gasteiger partial charge in [-0.2, -0.15) is 5.26 Å². The van der Waals surface area contributed by atoms with Crippen LogP contribution in [0.5, 0.6) is 0 Å². The van der Waals surface area contributed by atoms with Gasteiger partial charge in [-0.05, 0) is 54.2 Å². The fourth-order valence-corrected chi connectivity index (χ4v) is 2.37. The zero-order chi connectivity index (χ0) is 17.7. The molecule has 0 fully saturated rings. The number of hydrogen-bond donors (Lipinski definition) is 1. The van der Waals surface area contributed by atoms with Crippen molar-refractivity contribution >= 4 is 17.7 Å². The van der Waals surface area contributed by atoms with Gasteiger partial charge in [0.25, 0.3) is 5.91 Å². The molecule has 0 bridgehead atoms. The number of nitrogens with one attached hydrogen (secondary N) is 1. The summed E-state index contributed by atoms with van der Waals surface area (Å²) in [6.07, 6.45) is 1.62. The molecular weight excluding hydrogens is 296 g/mol. The van der Waals surface area contributed by atoms with Gasteiger partial charge >= 0.3 is 0 Å². The molecule has 0 saturated heterocycles. The van der Waals surface area contributed by atoms with Crippen molar-refractivity contribution in [3.05, 3.63) is 70.3 Å². The second kappa shape index (κ2) is 7.61. The lowest BCUT2D eigenvalue weighted by Gasteiger charge is -2.10. The first kappa shape index (κ1) is 17.5. The Morgan fingerprint density at radius 1 is 1.12 bits per heavy atom. The Balaban J connectivity index is 2.22. The van der Waals surface area contributed by atoms with Gasteiger partial charge < -0.3 is 5.32 Å². The van der Waals surface area contributed by atoms with Crippen LogP contribution in [0.3, 0.4) is 0 Å². The maximum Gasteiger partial charge on any atom is 0.266 e. The molecule has 2 aromatic carbocycles. The Labute approximate surface area is 143 Å². The normalized spacial score (nSPS) is 11.2. The molecular formula is C21H22N2O. The number of benzene rings is 2. The van der Waals surface area contributed by atoms with Crippen LogP contribution in [0, 0.1) is 25.2 Å². The van der Waals surface area contributed by atoms with Crippen LogP contribution in [0.4, 0.5) is 5.69 Å². The predicted molar refractivity (Wildman–Crippen MR) is 98.7 cm³/mol. The van der Waals surface area contributed by atoms with Crippen molar-refractivity contribution in [1.29, 1.82) is 5.26 Å². The van der Waals surface area contributed by atoms with Gasteiger partial charge in [0.1, 0.15) is 11.6 Å². The highest BCUT2D eigenvalue weighted by molar-refractivity contribution is 6.10. The Morgan fingerprint density at radius 2 is 1.79 bits per heavy atom. The lowest BCUT2D eigenvalue weighted by atomic mass is 10.0. The summed E-state index contributed by atoms with van der Waals surface area (Å²) in [7, 11) is 0. The number of rotatable bonds is 4. The largest absolute Gasteiger partial charge is 0.321 e. The van der Waals surface area contributed by atoms with E-state index in [0.29, 0.717) is 5.92 Å². The van der Waals surface area contributed by atoms with Crippen molar-refractivity contribution in [3.8, 4) is 6.07 Å². The maximum atomic E-state index is 12.4. The molecule has 1 amide bonds. The van der Waals surface area contributed by atoms with Crippen LogP contribution in [0.1, 0.15) is 42.0 Å².